The quantitative estimate of drug-likeness (QED) is 0.508. The summed E-state index contributed by atoms with van der Waals surface area (Å²) in [6.07, 6.45) is 2.28. The molecule has 1 atom stereocenters. The maximum Gasteiger partial charge on any atom is 0.334 e. The third-order valence-electron chi connectivity index (χ3n) is 2.03. The van der Waals surface area contributed by atoms with Gasteiger partial charge in [-0.05, 0) is 25.2 Å². The molecule has 3 nitrogen and oxygen atoms in total. The molecule has 0 aromatic carbocycles. The summed E-state index contributed by atoms with van der Waals surface area (Å²) < 4.78 is 4.89. The molecule has 0 heterocycles. The summed E-state index contributed by atoms with van der Waals surface area (Å²) in [7, 11) is 0. The number of ether oxygens (including phenoxy) is 1. The molecule has 0 saturated heterocycles. The van der Waals surface area contributed by atoms with Crippen LogP contribution in [0.3, 0.4) is 0 Å². The predicted molar refractivity (Wildman–Crippen MR) is 55.9 cm³/mol. The van der Waals surface area contributed by atoms with E-state index in [9.17, 15) is 9.90 Å². The van der Waals surface area contributed by atoms with Gasteiger partial charge >= 0.3 is 5.97 Å². The van der Waals surface area contributed by atoms with Gasteiger partial charge in [-0.15, -0.1) is 0 Å². The van der Waals surface area contributed by atoms with Crippen molar-refractivity contribution in [3.8, 4) is 0 Å². The van der Waals surface area contributed by atoms with E-state index in [-0.39, 0.29) is 0 Å². The Morgan fingerprint density at radius 3 is 2.50 bits per heavy atom. The average Bonchev–Trinajstić information content (AvgIpc) is 2.14. The highest BCUT2D eigenvalue weighted by Gasteiger charge is 2.16. The fourth-order valence-corrected chi connectivity index (χ4v) is 1.02. The zero-order valence-electron chi connectivity index (χ0n) is 9.45. The van der Waals surface area contributed by atoms with Crippen molar-refractivity contribution in [1.29, 1.82) is 0 Å². The highest BCUT2D eigenvalue weighted by atomic mass is 16.5. The highest BCUT2D eigenvalue weighted by Crippen LogP contribution is 2.07. The van der Waals surface area contributed by atoms with Gasteiger partial charge in [0, 0.05) is 0 Å². The van der Waals surface area contributed by atoms with Gasteiger partial charge in [0.25, 0.3) is 0 Å². The number of unbranched alkanes of at least 4 members (excludes halogenated alkanes) is 1. The Hall–Kier alpha value is -0.570. The van der Waals surface area contributed by atoms with E-state index < -0.39 is 12.1 Å². The molecule has 0 fully saturated rings. The summed E-state index contributed by atoms with van der Waals surface area (Å²) in [5.41, 5.74) is 0. The molecule has 0 aromatic heterocycles. The number of aliphatic hydroxyl groups is 1. The molecule has 84 valence electrons. The van der Waals surface area contributed by atoms with Crippen LogP contribution in [0.4, 0.5) is 0 Å². The van der Waals surface area contributed by atoms with Gasteiger partial charge in [0.05, 0.1) is 6.61 Å². The van der Waals surface area contributed by atoms with Crippen LogP contribution in [0.25, 0.3) is 0 Å². The molecule has 0 spiro atoms. The molecule has 14 heavy (non-hydrogen) atoms. The molecular weight excluding hydrogens is 180 g/mol. The van der Waals surface area contributed by atoms with E-state index in [2.05, 4.69) is 13.8 Å². The standard InChI is InChI=1S/C11H22O3/c1-4-5-8-14-11(13)10(12)7-6-9(2)3/h9-10,12H,4-8H2,1-3H3. The Morgan fingerprint density at radius 2 is 2.00 bits per heavy atom. The fraction of sp³-hybridized carbons (Fsp3) is 0.909. The molecule has 0 saturated carbocycles. The summed E-state index contributed by atoms with van der Waals surface area (Å²) >= 11 is 0. The van der Waals surface area contributed by atoms with E-state index in [0.29, 0.717) is 18.9 Å². The smallest absolute Gasteiger partial charge is 0.334 e. The summed E-state index contributed by atoms with van der Waals surface area (Å²) in [5.74, 6) is 0.0344. The lowest BCUT2D eigenvalue weighted by molar-refractivity contribution is -0.154. The van der Waals surface area contributed by atoms with Crippen LogP contribution < -0.4 is 0 Å². The van der Waals surface area contributed by atoms with E-state index in [1.807, 2.05) is 6.92 Å². The molecule has 0 aliphatic heterocycles. The van der Waals surface area contributed by atoms with E-state index in [0.717, 1.165) is 19.3 Å². The molecule has 0 bridgehead atoms. The van der Waals surface area contributed by atoms with Gasteiger partial charge in [0.2, 0.25) is 0 Å². The molecule has 1 unspecified atom stereocenters. The number of carbonyl (C=O) groups is 1. The van der Waals surface area contributed by atoms with E-state index in [1.54, 1.807) is 0 Å². The van der Waals surface area contributed by atoms with Crippen molar-refractivity contribution >= 4 is 5.97 Å². The lowest BCUT2D eigenvalue weighted by atomic mass is 10.1. The number of hydrogen-bond donors (Lipinski definition) is 1. The minimum atomic E-state index is -0.936. The van der Waals surface area contributed by atoms with Gasteiger partial charge in [-0.2, -0.15) is 0 Å². The molecule has 3 heteroatoms. The first kappa shape index (κ1) is 13.4. The number of esters is 1. The van der Waals surface area contributed by atoms with Crippen LogP contribution in [0.1, 0.15) is 46.5 Å². The van der Waals surface area contributed by atoms with Crippen molar-refractivity contribution in [1.82, 2.24) is 0 Å². The maximum absolute atomic E-state index is 11.2. The third kappa shape index (κ3) is 6.89. The topological polar surface area (TPSA) is 46.5 Å². The van der Waals surface area contributed by atoms with E-state index in [4.69, 9.17) is 4.74 Å². The third-order valence-corrected chi connectivity index (χ3v) is 2.03. The van der Waals surface area contributed by atoms with Crippen LogP contribution in [-0.2, 0) is 9.53 Å². The molecule has 0 aliphatic rings. The Bertz CT molecular complexity index is 155. The second-order valence-electron chi connectivity index (χ2n) is 4.01. The van der Waals surface area contributed by atoms with Crippen molar-refractivity contribution in [2.45, 2.75) is 52.6 Å². The van der Waals surface area contributed by atoms with E-state index in [1.165, 1.54) is 0 Å². The molecule has 0 amide bonds. The monoisotopic (exact) mass is 202 g/mol. The summed E-state index contributed by atoms with van der Waals surface area (Å²) in [4.78, 5) is 11.2. The van der Waals surface area contributed by atoms with Crippen LogP contribution >= 0.6 is 0 Å². The molecule has 0 aliphatic carbocycles. The van der Waals surface area contributed by atoms with Crippen LogP contribution in [0.2, 0.25) is 0 Å². The average molecular weight is 202 g/mol. The molecule has 0 aromatic rings. The number of hydrogen-bond acceptors (Lipinski definition) is 3. The van der Waals surface area contributed by atoms with Crippen molar-refractivity contribution in [3.05, 3.63) is 0 Å². The van der Waals surface area contributed by atoms with Gasteiger partial charge in [-0.25, -0.2) is 4.79 Å². The first-order chi connectivity index (χ1) is 6.57. The maximum atomic E-state index is 11.2. The largest absolute Gasteiger partial charge is 0.464 e. The van der Waals surface area contributed by atoms with Crippen molar-refractivity contribution in [2.24, 2.45) is 5.92 Å². The molecule has 0 radical (unpaired) electrons. The summed E-state index contributed by atoms with van der Waals surface area (Å²) in [5, 5.41) is 9.39. The van der Waals surface area contributed by atoms with Crippen molar-refractivity contribution in [3.63, 3.8) is 0 Å². The second kappa shape index (κ2) is 7.80. The zero-order valence-corrected chi connectivity index (χ0v) is 9.45. The number of carbonyl (C=O) groups excluding carboxylic acids is 1. The summed E-state index contributed by atoms with van der Waals surface area (Å²) in [6.45, 7) is 6.58. The zero-order chi connectivity index (χ0) is 11.0. The first-order valence-corrected chi connectivity index (χ1v) is 5.42. The lowest BCUT2D eigenvalue weighted by Gasteiger charge is -2.11. The van der Waals surface area contributed by atoms with Gasteiger partial charge < -0.3 is 9.84 Å². The Labute approximate surface area is 86.5 Å². The van der Waals surface area contributed by atoms with Crippen molar-refractivity contribution in [2.75, 3.05) is 6.61 Å². The Kier molecular flexibility index (Phi) is 7.48. The lowest BCUT2D eigenvalue weighted by Crippen LogP contribution is -2.23. The van der Waals surface area contributed by atoms with Crippen LogP contribution in [0, 0.1) is 5.92 Å². The second-order valence-corrected chi connectivity index (χ2v) is 4.01. The molecular formula is C11H22O3. The summed E-state index contributed by atoms with van der Waals surface area (Å²) in [6, 6.07) is 0. The van der Waals surface area contributed by atoms with Crippen LogP contribution in [0.15, 0.2) is 0 Å². The van der Waals surface area contributed by atoms with Crippen molar-refractivity contribution < 1.29 is 14.6 Å². The fourth-order valence-electron chi connectivity index (χ4n) is 1.02. The minimum absolute atomic E-state index is 0.425. The van der Waals surface area contributed by atoms with Gasteiger partial charge in [0.1, 0.15) is 0 Å². The van der Waals surface area contributed by atoms with Gasteiger partial charge in [-0.3, -0.25) is 0 Å². The minimum Gasteiger partial charge on any atom is -0.464 e. The SMILES string of the molecule is CCCCOC(=O)C(O)CCC(C)C. The van der Waals surface area contributed by atoms with Gasteiger partial charge in [-0.1, -0.05) is 27.2 Å². The number of aliphatic hydroxyl groups excluding tert-OH is 1. The predicted octanol–water partition coefficient (Wildman–Crippen LogP) is 2.13. The van der Waals surface area contributed by atoms with Gasteiger partial charge in [0.15, 0.2) is 6.10 Å². The Morgan fingerprint density at radius 1 is 1.36 bits per heavy atom. The van der Waals surface area contributed by atoms with Crippen LogP contribution in [0.5, 0.6) is 0 Å². The molecule has 0 rings (SSSR count). The Balaban J connectivity index is 3.54. The molecule has 1 N–H and O–H groups in total. The number of rotatable bonds is 7. The normalized spacial score (nSPS) is 12.9. The van der Waals surface area contributed by atoms with Crippen LogP contribution in [-0.4, -0.2) is 23.8 Å². The van der Waals surface area contributed by atoms with E-state index >= 15 is 0 Å². The highest BCUT2D eigenvalue weighted by molar-refractivity contribution is 5.74. The first-order valence-electron chi connectivity index (χ1n) is 5.42.